The van der Waals surface area contributed by atoms with Crippen LogP contribution in [0.2, 0.25) is 0 Å². The lowest BCUT2D eigenvalue weighted by Crippen LogP contribution is -2.34. The van der Waals surface area contributed by atoms with E-state index in [1.54, 1.807) is 7.05 Å². The molecule has 0 bridgehead atoms. The highest BCUT2D eigenvalue weighted by Crippen LogP contribution is 2.18. The molecule has 0 spiro atoms. The average molecular weight is 291 g/mol. The third kappa shape index (κ3) is 4.16. The monoisotopic (exact) mass is 291 g/mol. The minimum atomic E-state index is -3.50. The van der Waals surface area contributed by atoms with Gasteiger partial charge < -0.3 is 5.32 Å². The van der Waals surface area contributed by atoms with Gasteiger partial charge in [-0.2, -0.15) is 12.7 Å². The van der Waals surface area contributed by atoms with Gasteiger partial charge in [0.1, 0.15) is 5.51 Å². The minimum Gasteiger partial charge on any atom is -0.314 e. The molecular formula is C9H17N5O2S2. The molecule has 1 saturated carbocycles. The summed E-state index contributed by atoms with van der Waals surface area (Å²) in [7, 11) is -1.95. The Morgan fingerprint density at radius 3 is 2.94 bits per heavy atom. The van der Waals surface area contributed by atoms with Crippen LogP contribution in [0.3, 0.4) is 0 Å². The second-order valence-electron chi connectivity index (χ2n) is 4.25. The fraction of sp³-hybridized carbons (Fsp3) is 0.778. The summed E-state index contributed by atoms with van der Waals surface area (Å²) in [5, 5.41) is 10.9. The second-order valence-corrected chi connectivity index (χ2v) is 6.87. The van der Waals surface area contributed by atoms with E-state index in [2.05, 4.69) is 20.2 Å². The Kier molecular flexibility index (Phi) is 4.49. The molecule has 0 saturated heterocycles. The van der Waals surface area contributed by atoms with Crippen molar-refractivity contribution in [2.24, 2.45) is 0 Å². The molecule has 2 rings (SSSR count). The smallest absolute Gasteiger partial charge is 0.303 e. The van der Waals surface area contributed by atoms with Gasteiger partial charge in [0.2, 0.25) is 5.13 Å². The SMILES string of the molecule is CN(CCCNC1CC1)S(=O)(=O)Nc1nncs1. The zero-order chi connectivity index (χ0) is 13.0. The van der Waals surface area contributed by atoms with E-state index >= 15 is 0 Å². The maximum absolute atomic E-state index is 11.9. The molecule has 1 fully saturated rings. The van der Waals surface area contributed by atoms with Crippen molar-refractivity contribution in [1.82, 2.24) is 19.8 Å². The molecule has 2 N–H and O–H groups in total. The summed E-state index contributed by atoms with van der Waals surface area (Å²) in [6, 6.07) is 0.659. The first-order chi connectivity index (χ1) is 8.58. The summed E-state index contributed by atoms with van der Waals surface area (Å²) < 4.78 is 27.4. The summed E-state index contributed by atoms with van der Waals surface area (Å²) >= 11 is 1.16. The zero-order valence-electron chi connectivity index (χ0n) is 10.2. The Balaban J connectivity index is 1.73. The van der Waals surface area contributed by atoms with Gasteiger partial charge in [0, 0.05) is 19.6 Å². The highest BCUT2D eigenvalue weighted by Gasteiger charge is 2.21. The quantitative estimate of drug-likeness (QED) is 0.671. The number of hydrogen-bond acceptors (Lipinski definition) is 6. The highest BCUT2D eigenvalue weighted by atomic mass is 32.2. The number of anilines is 1. The van der Waals surface area contributed by atoms with Crippen molar-refractivity contribution in [2.45, 2.75) is 25.3 Å². The lowest BCUT2D eigenvalue weighted by Gasteiger charge is -2.16. The molecule has 9 heteroatoms. The standard InChI is InChI=1S/C9H17N5O2S2/c1-14(6-2-5-10-8-3-4-8)18(15,16)13-9-12-11-7-17-9/h7-8,10H,2-6H2,1H3,(H,12,13). The van der Waals surface area contributed by atoms with Crippen molar-refractivity contribution >= 4 is 26.7 Å². The number of aromatic nitrogens is 2. The van der Waals surface area contributed by atoms with Crippen LogP contribution in [-0.2, 0) is 10.2 Å². The molecule has 1 aliphatic carbocycles. The van der Waals surface area contributed by atoms with Gasteiger partial charge in [-0.1, -0.05) is 11.3 Å². The Bertz CT molecular complexity index is 457. The Hall–Kier alpha value is -0.770. The molecular weight excluding hydrogens is 274 g/mol. The van der Waals surface area contributed by atoms with Crippen LogP contribution >= 0.6 is 11.3 Å². The van der Waals surface area contributed by atoms with Gasteiger partial charge in [-0.15, -0.1) is 10.2 Å². The van der Waals surface area contributed by atoms with Crippen LogP contribution in [0.25, 0.3) is 0 Å². The van der Waals surface area contributed by atoms with Crippen molar-refractivity contribution in [2.75, 3.05) is 24.9 Å². The van der Waals surface area contributed by atoms with Crippen molar-refractivity contribution < 1.29 is 8.42 Å². The fourth-order valence-corrected chi connectivity index (χ4v) is 3.00. The largest absolute Gasteiger partial charge is 0.314 e. The number of nitrogens with zero attached hydrogens (tertiary/aromatic N) is 3. The van der Waals surface area contributed by atoms with Crippen LogP contribution in [-0.4, -0.2) is 49.1 Å². The van der Waals surface area contributed by atoms with Crippen LogP contribution in [0.15, 0.2) is 5.51 Å². The molecule has 0 unspecified atom stereocenters. The summed E-state index contributed by atoms with van der Waals surface area (Å²) in [5.41, 5.74) is 1.48. The topological polar surface area (TPSA) is 87.2 Å². The van der Waals surface area contributed by atoms with Gasteiger partial charge >= 0.3 is 10.2 Å². The van der Waals surface area contributed by atoms with Crippen molar-refractivity contribution in [1.29, 1.82) is 0 Å². The third-order valence-electron chi connectivity index (χ3n) is 2.65. The Morgan fingerprint density at radius 2 is 2.33 bits per heavy atom. The van der Waals surface area contributed by atoms with E-state index in [4.69, 9.17) is 0 Å². The molecule has 18 heavy (non-hydrogen) atoms. The van der Waals surface area contributed by atoms with Gasteiger partial charge in [0.15, 0.2) is 0 Å². The zero-order valence-corrected chi connectivity index (χ0v) is 11.8. The summed E-state index contributed by atoms with van der Waals surface area (Å²) in [6.07, 6.45) is 3.28. The summed E-state index contributed by atoms with van der Waals surface area (Å²) in [6.45, 7) is 1.33. The van der Waals surface area contributed by atoms with Crippen LogP contribution in [0.4, 0.5) is 5.13 Å². The molecule has 0 radical (unpaired) electrons. The number of rotatable bonds is 8. The van der Waals surface area contributed by atoms with Gasteiger partial charge in [0.05, 0.1) is 0 Å². The van der Waals surface area contributed by atoms with Gasteiger partial charge in [0.25, 0.3) is 0 Å². The number of hydrogen-bond donors (Lipinski definition) is 2. The lowest BCUT2D eigenvalue weighted by molar-refractivity contribution is 0.457. The molecule has 0 atom stereocenters. The average Bonchev–Trinajstić information content (AvgIpc) is 3.01. The fourth-order valence-electron chi connectivity index (χ4n) is 1.42. The Morgan fingerprint density at radius 1 is 1.56 bits per heavy atom. The van der Waals surface area contributed by atoms with Crippen LogP contribution in [0, 0.1) is 0 Å². The van der Waals surface area contributed by atoms with Crippen molar-refractivity contribution in [3.8, 4) is 0 Å². The molecule has 7 nitrogen and oxygen atoms in total. The predicted molar refractivity (Wildman–Crippen MR) is 70.7 cm³/mol. The van der Waals surface area contributed by atoms with E-state index in [0.717, 1.165) is 24.3 Å². The van der Waals surface area contributed by atoms with E-state index in [0.29, 0.717) is 12.6 Å². The van der Waals surface area contributed by atoms with E-state index in [-0.39, 0.29) is 5.13 Å². The predicted octanol–water partition coefficient (Wildman–Crippen LogP) is 0.269. The molecule has 1 heterocycles. The molecule has 1 aliphatic rings. The van der Waals surface area contributed by atoms with Crippen molar-refractivity contribution in [3.05, 3.63) is 5.51 Å². The second kappa shape index (κ2) is 5.91. The van der Waals surface area contributed by atoms with Crippen LogP contribution in [0.5, 0.6) is 0 Å². The lowest BCUT2D eigenvalue weighted by atomic mass is 10.4. The van der Waals surface area contributed by atoms with E-state index in [1.807, 2.05) is 0 Å². The molecule has 102 valence electrons. The summed E-state index contributed by atoms with van der Waals surface area (Å²) in [5.74, 6) is 0. The van der Waals surface area contributed by atoms with Crippen LogP contribution in [0.1, 0.15) is 19.3 Å². The first-order valence-corrected chi connectivity index (χ1v) is 8.13. The Labute approximate surface area is 111 Å². The highest BCUT2D eigenvalue weighted by molar-refractivity contribution is 7.90. The minimum absolute atomic E-state index is 0.290. The van der Waals surface area contributed by atoms with Gasteiger partial charge in [-0.3, -0.25) is 0 Å². The normalized spacial score (nSPS) is 16.1. The summed E-state index contributed by atoms with van der Waals surface area (Å²) in [4.78, 5) is 0. The molecule has 1 aromatic heterocycles. The maximum Gasteiger partial charge on any atom is 0.303 e. The first kappa shape index (κ1) is 13.7. The van der Waals surface area contributed by atoms with Gasteiger partial charge in [-0.05, 0) is 25.8 Å². The first-order valence-electron chi connectivity index (χ1n) is 5.81. The van der Waals surface area contributed by atoms with E-state index in [1.165, 1.54) is 22.7 Å². The van der Waals surface area contributed by atoms with Gasteiger partial charge in [-0.25, -0.2) is 4.72 Å². The molecule has 0 aromatic carbocycles. The van der Waals surface area contributed by atoms with E-state index < -0.39 is 10.2 Å². The molecule has 0 amide bonds. The maximum atomic E-state index is 11.9. The van der Waals surface area contributed by atoms with Crippen LogP contribution < -0.4 is 10.0 Å². The molecule has 0 aliphatic heterocycles. The molecule has 1 aromatic rings. The third-order valence-corrected chi connectivity index (χ3v) is 4.84. The van der Waals surface area contributed by atoms with Crippen molar-refractivity contribution in [3.63, 3.8) is 0 Å². The van der Waals surface area contributed by atoms with E-state index in [9.17, 15) is 8.42 Å². The number of nitrogens with one attached hydrogen (secondary N) is 2.